The maximum absolute atomic E-state index is 11.7. The number of amides is 1. The number of unbranched alkanes of at least 4 members (excludes halogenated alkanes) is 1. The van der Waals surface area contributed by atoms with Gasteiger partial charge in [0.15, 0.2) is 0 Å². The lowest BCUT2D eigenvalue weighted by atomic mass is 10.1. The summed E-state index contributed by atoms with van der Waals surface area (Å²) in [5, 5.41) is 12.6. The fraction of sp³-hybridized carbons (Fsp3) is 0.562. The van der Waals surface area contributed by atoms with Gasteiger partial charge in [0, 0.05) is 12.6 Å². The summed E-state index contributed by atoms with van der Waals surface area (Å²) >= 11 is 1.66. The van der Waals surface area contributed by atoms with Gasteiger partial charge < -0.3 is 16.2 Å². The van der Waals surface area contributed by atoms with Gasteiger partial charge in [0.1, 0.15) is 6.10 Å². The van der Waals surface area contributed by atoms with E-state index >= 15 is 0 Å². The highest BCUT2D eigenvalue weighted by Crippen LogP contribution is 2.05. The van der Waals surface area contributed by atoms with Gasteiger partial charge in [-0.15, -0.1) is 12.4 Å². The van der Waals surface area contributed by atoms with Crippen molar-refractivity contribution in [3.05, 3.63) is 35.9 Å². The molecule has 0 saturated heterocycles. The summed E-state index contributed by atoms with van der Waals surface area (Å²) in [5.41, 5.74) is 7.09. The number of aliphatic hydroxyl groups excluding tert-OH is 1. The number of thioether (sulfide) groups is 1. The molecule has 0 aromatic heterocycles. The molecular weight excluding hydrogens is 320 g/mol. The molecule has 1 amide bonds. The van der Waals surface area contributed by atoms with Crippen molar-refractivity contribution in [3.63, 3.8) is 0 Å². The third kappa shape index (κ3) is 8.63. The van der Waals surface area contributed by atoms with Gasteiger partial charge in [-0.1, -0.05) is 30.3 Å². The van der Waals surface area contributed by atoms with Crippen LogP contribution in [0.1, 0.15) is 24.8 Å². The molecule has 0 aliphatic rings. The minimum atomic E-state index is -1.11. The number of hydrogen-bond acceptors (Lipinski definition) is 4. The van der Waals surface area contributed by atoms with E-state index in [1.165, 1.54) is 5.56 Å². The van der Waals surface area contributed by atoms with Crippen LogP contribution in [-0.2, 0) is 11.2 Å². The summed E-state index contributed by atoms with van der Waals surface area (Å²) in [6.07, 6.45) is 4.43. The normalized spacial score (nSPS) is 13.0. The van der Waals surface area contributed by atoms with Crippen LogP contribution in [0.3, 0.4) is 0 Å². The van der Waals surface area contributed by atoms with E-state index < -0.39 is 12.1 Å². The number of rotatable bonds is 10. The molecule has 6 heteroatoms. The van der Waals surface area contributed by atoms with Crippen molar-refractivity contribution in [1.82, 2.24) is 5.32 Å². The van der Waals surface area contributed by atoms with Crippen LogP contribution in [0.2, 0.25) is 0 Å². The van der Waals surface area contributed by atoms with Crippen LogP contribution >= 0.6 is 24.2 Å². The lowest BCUT2D eigenvalue weighted by Gasteiger charge is -2.17. The molecule has 0 aliphatic heterocycles. The highest BCUT2D eigenvalue weighted by molar-refractivity contribution is 7.98. The summed E-state index contributed by atoms with van der Waals surface area (Å²) in [5.74, 6) is 0.492. The minimum absolute atomic E-state index is 0. The molecule has 2 atom stereocenters. The van der Waals surface area contributed by atoms with Gasteiger partial charge in [-0.25, -0.2) is 0 Å². The second-order valence-electron chi connectivity index (χ2n) is 5.12. The van der Waals surface area contributed by atoms with Crippen LogP contribution < -0.4 is 11.1 Å². The molecule has 4 nitrogen and oxygen atoms in total. The number of nitrogens with two attached hydrogens (primary N) is 1. The van der Waals surface area contributed by atoms with Gasteiger partial charge in [0.2, 0.25) is 5.91 Å². The number of aliphatic hydroxyl groups is 1. The fourth-order valence-electron chi connectivity index (χ4n) is 2.02. The van der Waals surface area contributed by atoms with Crippen LogP contribution in [0.15, 0.2) is 30.3 Å². The van der Waals surface area contributed by atoms with Crippen LogP contribution in [0, 0.1) is 0 Å². The number of nitrogens with one attached hydrogen (secondary N) is 1. The largest absolute Gasteiger partial charge is 0.382 e. The van der Waals surface area contributed by atoms with E-state index in [9.17, 15) is 9.90 Å². The molecule has 0 bridgehead atoms. The first-order valence-electron chi connectivity index (χ1n) is 7.39. The Bertz CT molecular complexity index is 406. The Morgan fingerprint density at radius 2 is 2.00 bits per heavy atom. The van der Waals surface area contributed by atoms with Crippen molar-refractivity contribution in [2.45, 2.75) is 37.8 Å². The molecule has 0 aliphatic carbocycles. The zero-order valence-electron chi connectivity index (χ0n) is 13.0. The topological polar surface area (TPSA) is 75.3 Å². The van der Waals surface area contributed by atoms with Crippen LogP contribution in [0.5, 0.6) is 0 Å². The zero-order chi connectivity index (χ0) is 15.5. The van der Waals surface area contributed by atoms with E-state index in [4.69, 9.17) is 5.73 Å². The molecule has 1 unspecified atom stereocenters. The van der Waals surface area contributed by atoms with E-state index in [0.29, 0.717) is 13.0 Å². The molecule has 4 N–H and O–H groups in total. The summed E-state index contributed by atoms with van der Waals surface area (Å²) in [6, 6.07) is 9.79. The van der Waals surface area contributed by atoms with E-state index in [2.05, 4.69) is 17.4 Å². The summed E-state index contributed by atoms with van der Waals surface area (Å²) in [6.45, 7) is 0.581. The first kappa shape index (κ1) is 21.2. The van der Waals surface area contributed by atoms with Crippen LogP contribution in [0.4, 0.5) is 0 Å². The van der Waals surface area contributed by atoms with Crippen molar-refractivity contribution in [2.75, 3.05) is 18.6 Å². The average molecular weight is 347 g/mol. The number of halogens is 1. The molecule has 0 heterocycles. The maximum atomic E-state index is 11.7. The molecule has 0 fully saturated rings. The minimum Gasteiger partial charge on any atom is -0.382 e. The monoisotopic (exact) mass is 346 g/mol. The number of carbonyl (C=O) groups is 1. The van der Waals surface area contributed by atoms with Crippen molar-refractivity contribution < 1.29 is 9.90 Å². The molecule has 1 rings (SSSR count). The lowest BCUT2D eigenvalue weighted by Crippen LogP contribution is -2.46. The van der Waals surface area contributed by atoms with Gasteiger partial charge in [-0.2, -0.15) is 11.8 Å². The quantitative estimate of drug-likeness (QED) is 0.566. The van der Waals surface area contributed by atoms with Gasteiger partial charge in [0.05, 0.1) is 0 Å². The fourth-order valence-corrected chi connectivity index (χ4v) is 2.53. The third-order valence-electron chi connectivity index (χ3n) is 3.36. The smallest absolute Gasteiger partial charge is 0.250 e. The molecule has 22 heavy (non-hydrogen) atoms. The Hall–Kier alpha value is -0.750. The highest BCUT2D eigenvalue weighted by atomic mass is 35.5. The molecule has 126 valence electrons. The first-order valence-corrected chi connectivity index (χ1v) is 8.78. The molecule has 0 saturated carbocycles. The lowest BCUT2D eigenvalue weighted by molar-refractivity contribution is -0.130. The number of benzene rings is 1. The molecular formula is C16H27ClN2O2S. The van der Waals surface area contributed by atoms with Gasteiger partial charge in [-0.05, 0) is 43.3 Å². The van der Waals surface area contributed by atoms with Crippen molar-refractivity contribution in [2.24, 2.45) is 5.73 Å². The Balaban J connectivity index is 0.00000441. The molecule has 1 aromatic carbocycles. The maximum Gasteiger partial charge on any atom is 0.250 e. The summed E-state index contributed by atoms with van der Waals surface area (Å²) in [4.78, 5) is 11.7. The van der Waals surface area contributed by atoms with Gasteiger partial charge >= 0.3 is 0 Å². The predicted molar refractivity (Wildman–Crippen MR) is 96.6 cm³/mol. The first-order chi connectivity index (χ1) is 10.1. The van der Waals surface area contributed by atoms with E-state index in [1.54, 1.807) is 11.8 Å². The molecule has 1 aromatic rings. The predicted octanol–water partition coefficient (Wildman–Crippen LogP) is 1.99. The number of carbonyl (C=O) groups excluding carboxylic acids is 1. The van der Waals surface area contributed by atoms with Crippen LogP contribution in [-0.4, -0.2) is 41.7 Å². The molecule has 0 radical (unpaired) electrons. The van der Waals surface area contributed by atoms with Crippen molar-refractivity contribution in [1.29, 1.82) is 0 Å². The van der Waals surface area contributed by atoms with Crippen LogP contribution in [0.25, 0.3) is 0 Å². The van der Waals surface area contributed by atoms with Crippen molar-refractivity contribution >= 4 is 30.1 Å². The Morgan fingerprint density at radius 3 is 2.64 bits per heavy atom. The SMILES string of the molecule is CSCC[C@@H](N)C(O)C(=O)NCCCCc1ccccc1.Cl. The third-order valence-corrected chi connectivity index (χ3v) is 4.01. The summed E-state index contributed by atoms with van der Waals surface area (Å²) in [7, 11) is 0. The number of aryl methyl sites for hydroxylation is 1. The molecule has 0 spiro atoms. The Labute approximate surface area is 143 Å². The van der Waals surface area contributed by atoms with E-state index in [-0.39, 0.29) is 18.3 Å². The highest BCUT2D eigenvalue weighted by Gasteiger charge is 2.21. The number of hydrogen-bond donors (Lipinski definition) is 3. The van der Waals surface area contributed by atoms with Crippen molar-refractivity contribution in [3.8, 4) is 0 Å². The second-order valence-corrected chi connectivity index (χ2v) is 6.11. The van der Waals surface area contributed by atoms with Gasteiger partial charge in [0.25, 0.3) is 0 Å². The Morgan fingerprint density at radius 1 is 1.32 bits per heavy atom. The summed E-state index contributed by atoms with van der Waals surface area (Å²) < 4.78 is 0. The van der Waals surface area contributed by atoms with E-state index in [0.717, 1.165) is 25.0 Å². The average Bonchev–Trinajstić information content (AvgIpc) is 2.52. The standard InChI is InChI=1S/C16H26N2O2S.ClH/c1-21-12-10-14(17)15(19)16(20)18-11-6-5-9-13-7-3-2-4-8-13;/h2-4,7-8,14-15,19H,5-6,9-12,17H2,1H3,(H,18,20);1H/t14-,15?;/m1./s1. The zero-order valence-corrected chi connectivity index (χ0v) is 14.7. The van der Waals surface area contributed by atoms with E-state index in [1.807, 2.05) is 24.5 Å². The second kappa shape index (κ2) is 12.8. The Kier molecular flexibility index (Phi) is 12.3. The van der Waals surface area contributed by atoms with Gasteiger partial charge in [-0.3, -0.25) is 4.79 Å².